The Hall–Kier alpha value is -1.50. The van der Waals surface area contributed by atoms with Gasteiger partial charge in [-0.2, -0.15) is 0 Å². The molecule has 0 spiro atoms. The second kappa shape index (κ2) is 5.19. The van der Waals surface area contributed by atoms with Crippen LogP contribution in [0.1, 0.15) is 20.3 Å². The van der Waals surface area contributed by atoms with Gasteiger partial charge < -0.3 is 10.4 Å². The van der Waals surface area contributed by atoms with Gasteiger partial charge in [0.2, 0.25) is 0 Å². The molecule has 1 amide bonds. The molecule has 0 aromatic heterocycles. The number of carbonyl (C=O) groups excluding carboxylic acids is 1. The Balaban J connectivity index is 4.09. The van der Waals surface area contributed by atoms with Crippen LogP contribution >= 0.6 is 0 Å². The molecule has 0 aliphatic heterocycles. The van der Waals surface area contributed by atoms with Crippen LogP contribution < -0.4 is 5.32 Å². The lowest BCUT2D eigenvalue weighted by molar-refractivity contribution is -0.141. The highest BCUT2D eigenvalue weighted by atomic mass is 16.4. The molecule has 0 aliphatic rings. The molecule has 4 heteroatoms. The minimum atomic E-state index is -1.04. The molecule has 4 nitrogen and oxygen atoms in total. The number of carboxylic acid groups (broad SMARTS) is 1. The summed E-state index contributed by atoms with van der Waals surface area (Å²) in [7, 11) is 0. The van der Waals surface area contributed by atoms with Crippen LogP contribution in [0.5, 0.6) is 0 Å². The Bertz CT molecular complexity index is 236. The third kappa shape index (κ3) is 3.62. The average molecular weight is 169 g/mol. The molecular formula is C8H11NO3. The standard InChI is InChI=1S/C8H11NO3/c1-3-5-7(10)9-6(4-2)8(11)12/h6H,4H2,1-2H3,(H,9,10)(H,11,12). The molecule has 1 unspecified atom stereocenters. The summed E-state index contributed by atoms with van der Waals surface area (Å²) in [6.45, 7) is 3.19. The number of aliphatic carboxylic acids is 1. The molecular weight excluding hydrogens is 158 g/mol. The first-order valence-electron chi connectivity index (χ1n) is 3.57. The minimum Gasteiger partial charge on any atom is -0.480 e. The van der Waals surface area contributed by atoms with Crippen LogP contribution in [0.2, 0.25) is 0 Å². The Morgan fingerprint density at radius 2 is 2.17 bits per heavy atom. The number of nitrogens with one attached hydrogen (secondary N) is 1. The molecule has 0 rings (SSSR count). The molecule has 12 heavy (non-hydrogen) atoms. The smallest absolute Gasteiger partial charge is 0.326 e. The zero-order chi connectivity index (χ0) is 9.56. The van der Waals surface area contributed by atoms with E-state index < -0.39 is 17.9 Å². The maximum absolute atomic E-state index is 10.8. The first kappa shape index (κ1) is 10.5. The first-order chi connectivity index (χ1) is 5.61. The molecule has 0 fully saturated rings. The van der Waals surface area contributed by atoms with E-state index in [9.17, 15) is 9.59 Å². The molecule has 2 N–H and O–H groups in total. The quantitative estimate of drug-likeness (QED) is 0.584. The number of hydrogen-bond acceptors (Lipinski definition) is 2. The lowest BCUT2D eigenvalue weighted by Gasteiger charge is -2.08. The molecule has 0 heterocycles. The highest BCUT2D eigenvalue weighted by molar-refractivity contribution is 5.95. The van der Waals surface area contributed by atoms with Crippen molar-refractivity contribution in [2.45, 2.75) is 26.3 Å². The summed E-state index contributed by atoms with van der Waals surface area (Å²) in [5, 5.41) is 10.8. The molecule has 0 aliphatic carbocycles. The Morgan fingerprint density at radius 3 is 2.50 bits per heavy atom. The van der Waals surface area contributed by atoms with E-state index in [0.717, 1.165) is 0 Å². The monoisotopic (exact) mass is 169 g/mol. The van der Waals surface area contributed by atoms with Crippen molar-refractivity contribution in [3.63, 3.8) is 0 Å². The van der Waals surface area contributed by atoms with Crippen molar-refractivity contribution in [2.24, 2.45) is 0 Å². The van der Waals surface area contributed by atoms with Crippen LogP contribution in [0.4, 0.5) is 0 Å². The van der Waals surface area contributed by atoms with Crippen LogP contribution in [-0.4, -0.2) is 23.0 Å². The van der Waals surface area contributed by atoms with Gasteiger partial charge in [-0.3, -0.25) is 4.79 Å². The van der Waals surface area contributed by atoms with E-state index in [2.05, 4.69) is 17.2 Å². The normalized spacial score (nSPS) is 10.8. The van der Waals surface area contributed by atoms with Crippen LogP contribution in [0.15, 0.2) is 0 Å². The zero-order valence-electron chi connectivity index (χ0n) is 7.05. The SMILES string of the molecule is CC#CC(=O)NC(CC)C(=O)O. The van der Waals surface area contributed by atoms with Crippen molar-refractivity contribution in [2.75, 3.05) is 0 Å². The second-order valence-electron chi connectivity index (χ2n) is 2.15. The summed E-state index contributed by atoms with van der Waals surface area (Å²) in [6, 6.07) is -0.835. The minimum absolute atomic E-state index is 0.354. The summed E-state index contributed by atoms with van der Waals surface area (Å²) in [6.07, 6.45) is 0.354. The van der Waals surface area contributed by atoms with E-state index >= 15 is 0 Å². The van der Waals surface area contributed by atoms with Crippen molar-refractivity contribution >= 4 is 11.9 Å². The van der Waals surface area contributed by atoms with Gasteiger partial charge in [0.1, 0.15) is 6.04 Å². The highest BCUT2D eigenvalue weighted by Gasteiger charge is 2.15. The maximum Gasteiger partial charge on any atom is 0.326 e. The van der Waals surface area contributed by atoms with E-state index in [1.165, 1.54) is 6.92 Å². The predicted molar refractivity (Wildman–Crippen MR) is 43.3 cm³/mol. The summed E-state index contributed by atoms with van der Waals surface area (Å²) in [4.78, 5) is 21.2. The summed E-state index contributed by atoms with van der Waals surface area (Å²) >= 11 is 0. The van der Waals surface area contributed by atoms with Crippen LogP contribution in [0.3, 0.4) is 0 Å². The molecule has 66 valence electrons. The Kier molecular flexibility index (Phi) is 4.54. The summed E-state index contributed by atoms with van der Waals surface area (Å²) in [5.74, 6) is 3.00. The van der Waals surface area contributed by atoms with Gasteiger partial charge in [-0.15, -0.1) is 0 Å². The summed E-state index contributed by atoms with van der Waals surface area (Å²) < 4.78 is 0. The van der Waals surface area contributed by atoms with E-state index in [4.69, 9.17) is 5.11 Å². The topological polar surface area (TPSA) is 66.4 Å². The van der Waals surface area contributed by atoms with Crippen molar-refractivity contribution < 1.29 is 14.7 Å². The fourth-order valence-electron chi connectivity index (χ4n) is 0.646. The van der Waals surface area contributed by atoms with E-state index in [1.54, 1.807) is 6.92 Å². The van der Waals surface area contributed by atoms with Gasteiger partial charge in [-0.25, -0.2) is 4.79 Å². The average Bonchev–Trinajstić information content (AvgIpc) is 2.00. The molecule has 0 radical (unpaired) electrons. The van der Waals surface area contributed by atoms with Gasteiger partial charge in [0, 0.05) is 0 Å². The van der Waals surface area contributed by atoms with Gasteiger partial charge in [0.15, 0.2) is 0 Å². The molecule has 1 atom stereocenters. The van der Waals surface area contributed by atoms with Gasteiger partial charge >= 0.3 is 5.97 Å². The Labute approximate surface area is 71.0 Å². The first-order valence-corrected chi connectivity index (χ1v) is 3.57. The molecule has 0 aromatic rings. The summed E-state index contributed by atoms with van der Waals surface area (Å²) in [5.41, 5.74) is 0. The molecule has 0 saturated heterocycles. The van der Waals surface area contributed by atoms with Gasteiger partial charge in [0.25, 0.3) is 5.91 Å². The van der Waals surface area contributed by atoms with Gasteiger partial charge in [0.05, 0.1) is 0 Å². The van der Waals surface area contributed by atoms with E-state index in [-0.39, 0.29) is 0 Å². The predicted octanol–water partition coefficient (Wildman–Crippen LogP) is -0.0109. The van der Waals surface area contributed by atoms with Crippen molar-refractivity contribution in [3.05, 3.63) is 0 Å². The molecule has 0 aromatic carbocycles. The van der Waals surface area contributed by atoms with Crippen LogP contribution in [0, 0.1) is 11.8 Å². The Morgan fingerprint density at radius 1 is 1.58 bits per heavy atom. The van der Waals surface area contributed by atoms with Crippen molar-refractivity contribution in [1.82, 2.24) is 5.32 Å². The molecule has 0 bridgehead atoms. The third-order valence-electron chi connectivity index (χ3n) is 1.25. The largest absolute Gasteiger partial charge is 0.480 e. The van der Waals surface area contributed by atoms with Crippen molar-refractivity contribution in [3.8, 4) is 11.8 Å². The fraction of sp³-hybridized carbons (Fsp3) is 0.500. The second-order valence-corrected chi connectivity index (χ2v) is 2.15. The number of carboxylic acids is 1. The number of amides is 1. The van der Waals surface area contributed by atoms with Crippen molar-refractivity contribution in [1.29, 1.82) is 0 Å². The molecule has 0 saturated carbocycles. The zero-order valence-corrected chi connectivity index (χ0v) is 7.05. The fourth-order valence-corrected chi connectivity index (χ4v) is 0.646. The number of rotatable bonds is 3. The van der Waals surface area contributed by atoms with Crippen LogP contribution in [0.25, 0.3) is 0 Å². The van der Waals surface area contributed by atoms with E-state index in [1.807, 2.05) is 0 Å². The van der Waals surface area contributed by atoms with Gasteiger partial charge in [-0.1, -0.05) is 12.8 Å². The lowest BCUT2D eigenvalue weighted by Crippen LogP contribution is -2.39. The number of carbonyl (C=O) groups is 2. The van der Waals surface area contributed by atoms with Crippen LogP contribution in [-0.2, 0) is 9.59 Å². The van der Waals surface area contributed by atoms with Gasteiger partial charge in [-0.05, 0) is 19.3 Å². The van der Waals surface area contributed by atoms with E-state index in [0.29, 0.717) is 6.42 Å². The highest BCUT2D eigenvalue weighted by Crippen LogP contribution is 1.89. The number of hydrogen-bond donors (Lipinski definition) is 2. The lowest BCUT2D eigenvalue weighted by atomic mass is 10.2. The third-order valence-corrected chi connectivity index (χ3v) is 1.25. The maximum atomic E-state index is 10.8.